The molecule has 0 fully saturated rings. The Morgan fingerprint density at radius 1 is 1.12 bits per heavy atom. The van der Waals surface area contributed by atoms with Gasteiger partial charge in [-0.1, -0.05) is 0 Å². The minimum atomic E-state index is -4.67. The van der Waals surface area contributed by atoms with E-state index in [-0.39, 0.29) is 49.3 Å². The van der Waals surface area contributed by atoms with E-state index >= 15 is 0 Å². The summed E-state index contributed by atoms with van der Waals surface area (Å²) in [7, 11) is -4.67. The van der Waals surface area contributed by atoms with Gasteiger partial charge in [-0.05, 0) is 11.0 Å². The van der Waals surface area contributed by atoms with E-state index in [1.165, 1.54) is 0 Å². The molecule has 0 saturated heterocycles. The fourth-order valence-electron chi connectivity index (χ4n) is 0. The maximum atomic E-state index is 8.74. The SMILES string of the molecule is O=S(=O)(O)O.[LiH].[SiH4].[Zn]. The third-order valence-electron chi connectivity index (χ3n) is 0. The molecule has 0 amide bonds. The van der Waals surface area contributed by atoms with Crippen molar-refractivity contribution in [3.63, 3.8) is 0 Å². The van der Waals surface area contributed by atoms with E-state index < -0.39 is 10.4 Å². The third-order valence-corrected chi connectivity index (χ3v) is 0. The maximum absolute atomic E-state index is 8.74. The molecule has 8 heteroatoms. The van der Waals surface area contributed by atoms with Gasteiger partial charge in [-0.2, -0.15) is 8.42 Å². The monoisotopic (exact) mass is 202 g/mol. The van der Waals surface area contributed by atoms with Gasteiger partial charge in [-0.25, -0.2) is 0 Å². The van der Waals surface area contributed by atoms with Crippen LogP contribution in [0.2, 0.25) is 0 Å². The number of hydrogen-bond acceptors (Lipinski definition) is 2. The average molecular weight is 204 g/mol. The van der Waals surface area contributed by atoms with E-state index in [4.69, 9.17) is 17.5 Å². The summed E-state index contributed by atoms with van der Waals surface area (Å²) in [5, 5.41) is 0. The van der Waals surface area contributed by atoms with Gasteiger partial charge in [-0.3, -0.25) is 9.11 Å². The molecule has 0 saturated carbocycles. The summed E-state index contributed by atoms with van der Waals surface area (Å²) in [5.74, 6) is 0. The van der Waals surface area contributed by atoms with Crippen LogP contribution < -0.4 is 0 Å². The summed E-state index contributed by atoms with van der Waals surface area (Å²) in [6.07, 6.45) is 0. The molecule has 0 aliphatic rings. The fraction of sp³-hybridized carbons (Fsp3) is 0. The molecule has 0 bridgehead atoms. The Morgan fingerprint density at radius 2 is 1.12 bits per heavy atom. The van der Waals surface area contributed by atoms with Crippen LogP contribution in [0.5, 0.6) is 0 Å². The van der Waals surface area contributed by atoms with Gasteiger partial charge in [0.05, 0.1) is 0 Å². The number of rotatable bonds is 0. The van der Waals surface area contributed by atoms with Gasteiger partial charge in [0.1, 0.15) is 0 Å². The molecule has 0 aromatic rings. The van der Waals surface area contributed by atoms with Crippen molar-refractivity contribution in [2.75, 3.05) is 0 Å². The molecule has 2 N–H and O–H groups in total. The van der Waals surface area contributed by atoms with Crippen molar-refractivity contribution in [1.29, 1.82) is 0 Å². The van der Waals surface area contributed by atoms with E-state index in [0.717, 1.165) is 0 Å². The number of hydrogen-bond donors (Lipinski definition) is 2. The van der Waals surface area contributed by atoms with Gasteiger partial charge in [0.2, 0.25) is 0 Å². The van der Waals surface area contributed by atoms with Crippen LogP contribution in [0.15, 0.2) is 0 Å². The fourth-order valence-corrected chi connectivity index (χ4v) is 0. The average Bonchev–Trinajstić information content (AvgIpc) is 0.722. The van der Waals surface area contributed by atoms with Crippen LogP contribution in [-0.2, 0) is 29.9 Å². The Hall–Kier alpha value is 1.31. The van der Waals surface area contributed by atoms with Crippen LogP contribution in [0.1, 0.15) is 0 Å². The van der Waals surface area contributed by atoms with Crippen molar-refractivity contribution >= 4 is 40.2 Å². The summed E-state index contributed by atoms with van der Waals surface area (Å²) >= 11 is 0. The van der Waals surface area contributed by atoms with Crippen molar-refractivity contribution in [3.8, 4) is 0 Å². The summed E-state index contributed by atoms with van der Waals surface area (Å²) < 4.78 is 31.6. The molecule has 0 spiro atoms. The van der Waals surface area contributed by atoms with Gasteiger partial charge in [-0.15, -0.1) is 0 Å². The van der Waals surface area contributed by atoms with Crippen LogP contribution in [0, 0.1) is 0 Å². The first-order chi connectivity index (χ1) is 2.00. The van der Waals surface area contributed by atoms with Gasteiger partial charge in [0.25, 0.3) is 0 Å². The minimum absolute atomic E-state index is 0. The molecule has 8 heavy (non-hydrogen) atoms. The van der Waals surface area contributed by atoms with Crippen LogP contribution in [0.3, 0.4) is 0 Å². The van der Waals surface area contributed by atoms with Crippen LogP contribution in [0.25, 0.3) is 0 Å². The molecular formula is H7LiO4SSiZn. The second-order valence-electron chi connectivity index (χ2n) is 0.448. The molecule has 0 unspecified atom stereocenters. The van der Waals surface area contributed by atoms with Gasteiger partial charge in [0, 0.05) is 19.5 Å². The Bertz CT molecular complexity index is 99.2. The van der Waals surface area contributed by atoms with Gasteiger partial charge >= 0.3 is 29.3 Å². The van der Waals surface area contributed by atoms with Gasteiger partial charge < -0.3 is 0 Å². The zero-order valence-electron chi connectivity index (χ0n) is 2.83. The third kappa shape index (κ3) is 170. The topological polar surface area (TPSA) is 74.6 Å². The first-order valence-corrected chi connectivity index (χ1v) is 2.10. The summed E-state index contributed by atoms with van der Waals surface area (Å²) in [4.78, 5) is 0. The molecule has 0 aliphatic heterocycles. The van der Waals surface area contributed by atoms with E-state index in [2.05, 4.69) is 0 Å². The summed E-state index contributed by atoms with van der Waals surface area (Å²) in [5.41, 5.74) is 0. The Kier molecular flexibility index (Phi) is 23.7. The molecule has 0 aromatic carbocycles. The molecule has 0 aliphatic carbocycles. The molecule has 0 rings (SSSR count). The molecule has 44 valence electrons. The standard InChI is InChI=1S/Li.H2O4S.H4Si.Zn.H/c;1-5(2,3)4;;;/h;(H2,1,2,3,4);1H4;;. The minimum Gasteiger partial charge on any atom is -0.0149 e. The molecule has 0 radical (unpaired) electrons. The molecule has 0 aromatic heterocycles. The van der Waals surface area contributed by atoms with E-state index in [1.54, 1.807) is 0 Å². The van der Waals surface area contributed by atoms with Crippen LogP contribution in [0.4, 0.5) is 0 Å². The van der Waals surface area contributed by atoms with E-state index in [0.29, 0.717) is 0 Å². The normalized spacial score (nSPS) is 7.25. The van der Waals surface area contributed by atoms with Gasteiger partial charge in [0.15, 0.2) is 0 Å². The van der Waals surface area contributed by atoms with Crippen LogP contribution >= 0.6 is 0 Å². The Morgan fingerprint density at radius 3 is 1.12 bits per heavy atom. The predicted molar refractivity (Wildman–Crippen MR) is 32.7 cm³/mol. The van der Waals surface area contributed by atoms with E-state index in [9.17, 15) is 0 Å². The van der Waals surface area contributed by atoms with E-state index in [1.807, 2.05) is 0 Å². The second kappa shape index (κ2) is 8.31. The summed E-state index contributed by atoms with van der Waals surface area (Å²) in [6, 6.07) is 0. The second-order valence-corrected chi connectivity index (χ2v) is 1.34. The largest absolute Gasteiger partial charge is 0.0149 e. The van der Waals surface area contributed by atoms with Crippen molar-refractivity contribution < 1.29 is 37.0 Å². The van der Waals surface area contributed by atoms with Crippen LogP contribution in [-0.4, -0.2) is 47.3 Å². The van der Waals surface area contributed by atoms with Crippen molar-refractivity contribution in [2.24, 2.45) is 0 Å². The zero-order chi connectivity index (χ0) is 4.50. The predicted octanol–water partition coefficient (Wildman–Crippen LogP) is -2.76. The summed E-state index contributed by atoms with van der Waals surface area (Å²) in [6.45, 7) is 0. The van der Waals surface area contributed by atoms with Crippen molar-refractivity contribution in [3.05, 3.63) is 0 Å². The van der Waals surface area contributed by atoms with Crippen molar-refractivity contribution in [2.45, 2.75) is 0 Å². The smallest absolute Gasteiger partial charge is 0 e. The molecule has 4 nitrogen and oxygen atoms in total. The molecule has 0 atom stereocenters. The Balaban J connectivity index is -0.0000000267. The first kappa shape index (κ1) is 22.8. The molecule has 0 heterocycles. The van der Waals surface area contributed by atoms with Crippen molar-refractivity contribution in [1.82, 2.24) is 0 Å². The first-order valence-electron chi connectivity index (χ1n) is 0.698. The quantitative estimate of drug-likeness (QED) is 0.331. The maximum Gasteiger partial charge on any atom is 0 e. The molecular weight excluding hydrogens is 196 g/mol. The zero-order valence-corrected chi connectivity index (χ0v) is 6.61. The Labute approximate surface area is 77.0 Å².